The first-order valence-corrected chi connectivity index (χ1v) is 5.37. The second-order valence-corrected chi connectivity index (χ2v) is 4.10. The van der Waals surface area contributed by atoms with Crippen molar-refractivity contribution in [2.75, 3.05) is 0 Å². The van der Waals surface area contributed by atoms with Crippen molar-refractivity contribution in [3.8, 4) is 0 Å². The van der Waals surface area contributed by atoms with Gasteiger partial charge < -0.3 is 5.73 Å². The van der Waals surface area contributed by atoms with Gasteiger partial charge in [-0.05, 0) is 12.8 Å². The van der Waals surface area contributed by atoms with Gasteiger partial charge in [0.05, 0.1) is 12.2 Å². The molecule has 0 bridgehead atoms. The summed E-state index contributed by atoms with van der Waals surface area (Å²) in [6.07, 6.45) is 0.359. The van der Waals surface area contributed by atoms with Crippen molar-refractivity contribution in [1.29, 1.82) is 0 Å². The number of nitrogens with two attached hydrogens (primary N) is 1. The summed E-state index contributed by atoms with van der Waals surface area (Å²) in [5.74, 6) is 0. The molecule has 1 saturated carbocycles. The Hall–Kier alpha value is -1.04. The fraction of sp³-hybridized carbons (Fsp3) is 0.700. The molecule has 1 aromatic rings. The van der Waals surface area contributed by atoms with Gasteiger partial charge in [0.2, 0.25) is 0 Å². The molecule has 1 aromatic heterocycles. The van der Waals surface area contributed by atoms with Crippen LogP contribution in [0.1, 0.15) is 43.0 Å². The van der Waals surface area contributed by atoms with Crippen molar-refractivity contribution < 1.29 is 13.2 Å². The van der Waals surface area contributed by atoms with Gasteiger partial charge in [0.15, 0.2) is 0 Å². The highest BCUT2D eigenvalue weighted by Crippen LogP contribution is 2.37. The summed E-state index contributed by atoms with van der Waals surface area (Å²) in [5, 5.41) is 3.85. The van der Waals surface area contributed by atoms with E-state index in [9.17, 15) is 13.2 Å². The molecule has 0 aliphatic heterocycles. The maximum Gasteiger partial charge on any atom is 0.433 e. The lowest BCUT2D eigenvalue weighted by atomic mass is 10.2. The summed E-state index contributed by atoms with van der Waals surface area (Å²) in [4.78, 5) is 0. The molecule has 0 amide bonds. The topological polar surface area (TPSA) is 43.8 Å². The summed E-state index contributed by atoms with van der Waals surface area (Å²) >= 11 is 0. The van der Waals surface area contributed by atoms with E-state index in [-0.39, 0.29) is 18.2 Å². The van der Waals surface area contributed by atoms with Crippen LogP contribution in [0.4, 0.5) is 13.2 Å². The first-order chi connectivity index (χ1) is 7.54. The standard InChI is InChI=1S/C10H14F3N3/c11-10(12,13)9-7(5-14)6-15-16(9)8-3-1-2-4-8/h6,8H,1-5,14H2. The average Bonchev–Trinajstić information content (AvgIpc) is 2.84. The lowest BCUT2D eigenvalue weighted by Crippen LogP contribution is -2.20. The molecular weight excluding hydrogens is 219 g/mol. The summed E-state index contributed by atoms with van der Waals surface area (Å²) in [7, 11) is 0. The summed E-state index contributed by atoms with van der Waals surface area (Å²) in [6.45, 7) is -0.123. The highest BCUT2D eigenvalue weighted by molar-refractivity contribution is 5.21. The first kappa shape index (κ1) is 11.4. The normalized spacial score (nSPS) is 18.2. The van der Waals surface area contributed by atoms with Crippen LogP contribution in [0.2, 0.25) is 0 Å². The number of halogens is 3. The van der Waals surface area contributed by atoms with Crippen LogP contribution in [-0.4, -0.2) is 9.78 Å². The zero-order valence-corrected chi connectivity index (χ0v) is 8.80. The van der Waals surface area contributed by atoms with Gasteiger partial charge in [-0.1, -0.05) is 12.8 Å². The molecule has 0 spiro atoms. The smallest absolute Gasteiger partial charge is 0.326 e. The van der Waals surface area contributed by atoms with Crippen LogP contribution in [0.5, 0.6) is 0 Å². The van der Waals surface area contributed by atoms with Crippen LogP contribution in [0.25, 0.3) is 0 Å². The van der Waals surface area contributed by atoms with Crippen molar-refractivity contribution in [3.63, 3.8) is 0 Å². The van der Waals surface area contributed by atoms with Gasteiger partial charge in [-0.2, -0.15) is 18.3 Å². The molecular formula is C10H14F3N3. The van der Waals surface area contributed by atoms with E-state index in [1.54, 1.807) is 0 Å². The molecule has 0 unspecified atom stereocenters. The van der Waals surface area contributed by atoms with E-state index >= 15 is 0 Å². The van der Waals surface area contributed by atoms with Crippen LogP contribution < -0.4 is 5.73 Å². The van der Waals surface area contributed by atoms with Gasteiger partial charge in [0, 0.05) is 12.1 Å². The SMILES string of the molecule is NCc1cnn(C2CCCC2)c1C(F)(F)F. The largest absolute Gasteiger partial charge is 0.433 e. The molecule has 6 heteroatoms. The van der Waals surface area contributed by atoms with Crippen molar-refractivity contribution in [3.05, 3.63) is 17.5 Å². The Morgan fingerprint density at radius 3 is 2.50 bits per heavy atom. The zero-order valence-electron chi connectivity index (χ0n) is 8.80. The Morgan fingerprint density at radius 2 is 2.00 bits per heavy atom. The Morgan fingerprint density at radius 1 is 1.38 bits per heavy atom. The minimum absolute atomic E-state index is 0.0828. The van der Waals surface area contributed by atoms with E-state index in [1.165, 1.54) is 6.20 Å². The van der Waals surface area contributed by atoms with E-state index in [2.05, 4.69) is 5.10 Å². The molecule has 1 aliphatic carbocycles. The van der Waals surface area contributed by atoms with E-state index in [4.69, 9.17) is 5.73 Å². The first-order valence-electron chi connectivity index (χ1n) is 5.37. The predicted octanol–water partition coefficient (Wildman–Crippen LogP) is 2.48. The number of aromatic nitrogens is 2. The predicted molar refractivity (Wildman–Crippen MR) is 52.6 cm³/mol. The molecule has 0 aromatic carbocycles. The lowest BCUT2D eigenvalue weighted by molar-refractivity contribution is -0.145. The highest BCUT2D eigenvalue weighted by Gasteiger charge is 2.39. The Labute approximate surface area is 91.4 Å². The molecule has 1 heterocycles. The second-order valence-electron chi connectivity index (χ2n) is 4.10. The van der Waals surface area contributed by atoms with Crippen molar-refractivity contribution >= 4 is 0 Å². The van der Waals surface area contributed by atoms with Crippen LogP contribution in [0.15, 0.2) is 6.20 Å². The van der Waals surface area contributed by atoms with Crippen LogP contribution in [-0.2, 0) is 12.7 Å². The van der Waals surface area contributed by atoms with Crippen LogP contribution in [0, 0.1) is 0 Å². The van der Waals surface area contributed by atoms with Gasteiger partial charge >= 0.3 is 6.18 Å². The van der Waals surface area contributed by atoms with Gasteiger partial charge in [-0.15, -0.1) is 0 Å². The number of alkyl halides is 3. The van der Waals surface area contributed by atoms with Crippen LogP contribution in [0.3, 0.4) is 0 Å². The highest BCUT2D eigenvalue weighted by atomic mass is 19.4. The van der Waals surface area contributed by atoms with Crippen molar-refractivity contribution in [2.24, 2.45) is 5.73 Å². The fourth-order valence-electron chi connectivity index (χ4n) is 2.28. The van der Waals surface area contributed by atoms with E-state index in [0.717, 1.165) is 30.4 Å². The molecule has 1 fully saturated rings. The van der Waals surface area contributed by atoms with Gasteiger partial charge in [0.1, 0.15) is 5.69 Å². The molecule has 0 atom stereocenters. The fourth-order valence-corrected chi connectivity index (χ4v) is 2.28. The Kier molecular flexibility index (Phi) is 2.92. The maximum atomic E-state index is 12.9. The molecule has 2 N–H and O–H groups in total. The second kappa shape index (κ2) is 4.08. The lowest BCUT2D eigenvalue weighted by Gasteiger charge is -2.17. The van der Waals surface area contributed by atoms with Gasteiger partial charge in [-0.3, -0.25) is 4.68 Å². The van der Waals surface area contributed by atoms with Gasteiger partial charge in [-0.25, -0.2) is 0 Å². The van der Waals surface area contributed by atoms with E-state index < -0.39 is 11.9 Å². The molecule has 90 valence electrons. The van der Waals surface area contributed by atoms with E-state index in [0.29, 0.717) is 0 Å². The number of nitrogens with zero attached hydrogens (tertiary/aromatic N) is 2. The van der Waals surface area contributed by atoms with Gasteiger partial charge in [0.25, 0.3) is 0 Å². The minimum Gasteiger partial charge on any atom is -0.326 e. The Balaban J connectivity index is 2.41. The Bertz CT molecular complexity index is 364. The van der Waals surface area contributed by atoms with Crippen molar-refractivity contribution in [1.82, 2.24) is 9.78 Å². The molecule has 0 radical (unpaired) electrons. The quantitative estimate of drug-likeness (QED) is 0.852. The molecule has 16 heavy (non-hydrogen) atoms. The molecule has 1 aliphatic rings. The molecule has 0 saturated heterocycles. The summed E-state index contributed by atoms with van der Waals surface area (Å²) in [5.41, 5.74) is 4.72. The van der Waals surface area contributed by atoms with Crippen molar-refractivity contribution in [2.45, 2.75) is 44.4 Å². The maximum absolute atomic E-state index is 12.9. The summed E-state index contributed by atoms with van der Waals surface area (Å²) < 4.78 is 39.7. The monoisotopic (exact) mass is 233 g/mol. The molecule has 2 rings (SSSR count). The molecule has 3 nitrogen and oxygen atoms in total. The third-order valence-electron chi connectivity index (χ3n) is 3.03. The summed E-state index contributed by atoms with van der Waals surface area (Å²) in [6, 6.07) is -0.114. The minimum atomic E-state index is -4.37. The third-order valence-corrected chi connectivity index (χ3v) is 3.03. The number of hydrogen-bond acceptors (Lipinski definition) is 2. The number of hydrogen-bond donors (Lipinski definition) is 1. The van der Waals surface area contributed by atoms with Crippen LogP contribution >= 0.6 is 0 Å². The average molecular weight is 233 g/mol. The zero-order chi connectivity index (χ0) is 11.8. The number of rotatable bonds is 2. The third kappa shape index (κ3) is 1.93. The van der Waals surface area contributed by atoms with E-state index in [1.807, 2.05) is 0 Å².